The van der Waals surface area contributed by atoms with Gasteiger partial charge in [0.2, 0.25) is 0 Å². The Morgan fingerprint density at radius 1 is 1.32 bits per heavy atom. The second-order valence-corrected chi connectivity index (χ2v) is 4.60. The van der Waals surface area contributed by atoms with Crippen LogP contribution in [0.25, 0.3) is 0 Å². The van der Waals surface area contributed by atoms with Crippen LogP contribution in [-0.2, 0) is 9.53 Å². The van der Waals surface area contributed by atoms with Crippen LogP contribution >= 0.6 is 0 Å². The smallest absolute Gasteiger partial charge is 0.326 e. The third-order valence-electron chi connectivity index (χ3n) is 2.87. The van der Waals surface area contributed by atoms with E-state index in [1.54, 1.807) is 14.0 Å². The number of benzene rings is 1. The maximum Gasteiger partial charge on any atom is 0.326 e. The number of carbonyl (C=O) groups excluding carboxylic acids is 1. The first-order valence-corrected chi connectivity index (χ1v) is 6.65. The molecule has 0 bridgehead atoms. The zero-order valence-corrected chi connectivity index (χ0v) is 12.1. The van der Waals surface area contributed by atoms with Crippen molar-refractivity contribution in [1.29, 1.82) is 0 Å². The minimum atomic E-state index is -0.444. The molecule has 0 saturated heterocycles. The predicted octanol–water partition coefficient (Wildman–Crippen LogP) is 2.34. The van der Waals surface area contributed by atoms with E-state index in [-0.39, 0.29) is 12.6 Å². The molecule has 106 valence electrons. The fourth-order valence-corrected chi connectivity index (χ4v) is 1.77. The van der Waals surface area contributed by atoms with Crippen molar-refractivity contribution in [1.82, 2.24) is 5.32 Å². The number of para-hydroxylation sites is 1. The van der Waals surface area contributed by atoms with Gasteiger partial charge < -0.3 is 14.8 Å². The number of rotatable bonds is 7. The number of hydrogen-bond acceptors (Lipinski definition) is 4. The number of ether oxygens (including phenoxy) is 2. The highest BCUT2D eigenvalue weighted by Crippen LogP contribution is 2.25. The summed E-state index contributed by atoms with van der Waals surface area (Å²) in [7, 11) is 1.72. The van der Waals surface area contributed by atoms with Crippen molar-refractivity contribution in [2.24, 2.45) is 0 Å². The Balaban J connectivity index is 2.67. The van der Waals surface area contributed by atoms with Gasteiger partial charge in [0.25, 0.3) is 0 Å². The molecule has 0 radical (unpaired) electrons. The third-order valence-corrected chi connectivity index (χ3v) is 2.87. The van der Waals surface area contributed by atoms with Crippen LogP contribution in [0.1, 0.15) is 32.3 Å². The molecule has 0 heterocycles. The minimum absolute atomic E-state index is 0.263. The van der Waals surface area contributed by atoms with Crippen LogP contribution < -0.4 is 10.1 Å². The molecule has 1 N–H and O–H groups in total. The first-order chi connectivity index (χ1) is 9.10. The molecule has 0 aromatic heterocycles. The lowest BCUT2D eigenvalue weighted by Gasteiger charge is -2.18. The third kappa shape index (κ3) is 4.56. The lowest BCUT2D eigenvalue weighted by molar-refractivity contribution is -0.146. The normalized spacial score (nSPS) is 12.3. The van der Waals surface area contributed by atoms with Gasteiger partial charge in [-0.25, -0.2) is 0 Å². The second kappa shape index (κ2) is 7.79. The van der Waals surface area contributed by atoms with Gasteiger partial charge in [0.1, 0.15) is 18.4 Å². The quantitative estimate of drug-likeness (QED) is 0.769. The van der Waals surface area contributed by atoms with E-state index >= 15 is 0 Å². The molecule has 1 atom stereocenters. The van der Waals surface area contributed by atoms with Gasteiger partial charge in [-0.15, -0.1) is 0 Å². The van der Waals surface area contributed by atoms with E-state index in [0.717, 1.165) is 11.3 Å². The van der Waals surface area contributed by atoms with Crippen molar-refractivity contribution in [3.63, 3.8) is 0 Å². The van der Waals surface area contributed by atoms with Crippen molar-refractivity contribution in [2.75, 3.05) is 20.3 Å². The number of nitrogens with one attached hydrogen (secondary N) is 1. The Morgan fingerprint density at radius 3 is 2.58 bits per heavy atom. The minimum Gasteiger partial charge on any atom is -0.491 e. The van der Waals surface area contributed by atoms with E-state index in [2.05, 4.69) is 19.2 Å². The first-order valence-electron chi connectivity index (χ1n) is 6.65. The average Bonchev–Trinajstić information content (AvgIpc) is 2.40. The fourth-order valence-electron chi connectivity index (χ4n) is 1.77. The Bertz CT molecular complexity index is 404. The molecule has 4 nitrogen and oxygen atoms in total. The van der Waals surface area contributed by atoms with Gasteiger partial charge in [0.05, 0.1) is 6.61 Å². The molecule has 4 heteroatoms. The molecule has 1 unspecified atom stereocenters. The van der Waals surface area contributed by atoms with Gasteiger partial charge >= 0.3 is 5.97 Å². The summed E-state index contributed by atoms with van der Waals surface area (Å²) in [5, 5.41) is 2.91. The van der Waals surface area contributed by atoms with Crippen molar-refractivity contribution in [3.05, 3.63) is 29.8 Å². The zero-order valence-electron chi connectivity index (χ0n) is 12.1. The molecule has 1 rings (SSSR count). The molecule has 19 heavy (non-hydrogen) atoms. The van der Waals surface area contributed by atoms with Gasteiger partial charge in [-0.3, -0.25) is 4.79 Å². The van der Waals surface area contributed by atoms with Gasteiger partial charge in [0.15, 0.2) is 0 Å². The standard InChI is InChI=1S/C15H23NO3/c1-5-18-15(17)13(16-4)10-19-14-9-7-6-8-12(14)11(2)3/h6-9,11,13,16H,5,10H2,1-4H3. The van der Waals surface area contributed by atoms with Crippen molar-refractivity contribution >= 4 is 5.97 Å². The van der Waals surface area contributed by atoms with E-state index in [1.807, 2.05) is 24.3 Å². The molecular formula is C15H23NO3. The number of hydrogen-bond donors (Lipinski definition) is 1. The maximum atomic E-state index is 11.6. The Morgan fingerprint density at radius 2 is 2.00 bits per heavy atom. The summed E-state index contributed by atoms with van der Waals surface area (Å²) >= 11 is 0. The van der Waals surface area contributed by atoms with Gasteiger partial charge in [0, 0.05) is 0 Å². The van der Waals surface area contributed by atoms with Crippen LogP contribution in [0.5, 0.6) is 5.75 Å². The summed E-state index contributed by atoms with van der Waals surface area (Å²) in [6.45, 7) is 6.66. The van der Waals surface area contributed by atoms with E-state index in [4.69, 9.17) is 9.47 Å². The molecule has 0 aliphatic rings. The highest BCUT2D eigenvalue weighted by atomic mass is 16.5. The van der Waals surface area contributed by atoms with Crippen molar-refractivity contribution < 1.29 is 14.3 Å². The Hall–Kier alpha value is -1.55. The van der Waals surface area contributed by atoms with Crippen LogP contribution in [0.15, 0.2) is 24.3 Å². The lowest BCUT2D eigenvalue weighted by atomic mass is 10.0. The zero-order chi connectivity index (χ0) is 14.3. The molecule has 0 aliphatic carbocycles. The lowest BCUT2D eigenvalue weighted by Crippen LogP contribution is -2.40. The summed E-state index contributed by atoms with van der Waals surface area (Å²) in [5.41, 5.74) is 1.14. The number of esters is 1. The fraction of sp³-hybridized carbons (Fsp3) is 0.533. The van der Waals surface area contributed by atoms with Crippen LogP contribution in [0.2, 0.25) is 0 Å². The summed E-state index contributed by atoms with van der Waals surface area (Å²) in [5.74, 6) is 0.918. The van der Waals surface area contributed by atoms with Gasteiger partial charge in [-0.1, -0.05) is 32.0 Å². The molecule has 1 aromatic carbocycles. The highest BCUT2D eigenvalue weighted by Gasteiger charge is 2.19. The Kier molecular flexibility index (Phi) is 6.36. The highest BCUT2D eigenvalue weighted by molar-refractivity contribution is 5.75. The largest absolute Gasteiger partial charge is 0.491 e. The molecule has 0 saturated carbocycles. The van der Waals surface area contributed by atoms with Crippen molar-refractivity contribution in [2.45, 2.75) is 32.7 Å². The van der Waals surface area contributed by atoms with E-state index in [1.165, 1.54) is 0 Å². The summed E-state index contributed by atoms with van der Waals surface area (Å²) in [6, 6.07) is 7.44. The molecule has 0 amide bonds. The van der Waals surface area contributed by atoms with Crippen LogP contribution in [-0.4, -0.2) is 32.3 Å². The average molecular weight is 265 g/mol. The molecular weight excluding hydrogens is 242 g/mol. The van der Waals surface area contributed by atoms with E-state index in [9.17, 15) is 4.79 Å². The Labute approximate surface area is 115 Å². The number of carbonyl (C=O) groups is 1. The first kappa shape index (κ1) is 15.5. The summed E-state index contributed by atoms with van der Waals surface area (Å²) in [6.07, 6.45) is 0. The maximum absolute atomic E-state index is 11.6. The SMILES string of the molecule is CCOC(=O)C(COc1ccccc1C(C)C)NC. The van der Waals surface area contributed by atoms with Gasteiger partial charge in [-0.2, -0.15) is 0 Å². The van der Waals surface area contributed by atoms with E-state index in [0.29, 0.717) is 12.5 Å². The predicted molar refractivity (Wildman–Crippen MR) is 75.5 cm³/mol. The van der Waals surface area contributed by atoms with E-state index < -0.39 is 6.04 Å². The van der Waals surface area contributed by atoms with Crippen LogP contribution in [0.3, 0.4) is 0 Å². The number of likely N-dealkylation sites (N-methyl/N-ethyl adjacent to an activating group) is 1. The second-order valence-electron chi connectivity index (χ2n) is 4.60. The van der Waals surface area contributed by atoms with Crippen LogP contribution in [0, 0.1) is 0 Å². The molecule has 0 fully saturated rings. The van der Waals surface area contributed by atoms with Gasteiger partial charge in [-0.05, 0) is 31.5 Å². The summed E-state index contributed by atoms with van der Waals surface area (Å²) < 4.78 is 10.7. The summed E-state index contributed by atoms with van der Waals surface area (Å²) in [4.78, 5) is 11.6. The van der Waals surface area contributed by atoms with Crippen molar-refractivity contribution in [3.8, 4) is 5.75 Å². The molecule has 0 aliphatic heterocycles. The molecule has 0 spiro atoms. The molecule has 1 aromatic rings. The topological polar surface area (TPSA) is 47.6 Å². The monoisotopic (exact) mass is 265 g/mol. The van der Waals surface area contributed by atoms with Crippen LogP contribution in [0.4, 0.5) is 0 Å².